The standard InChI is InChI=1S/C26H34N2O13/c1-10-6-18(33)38-15-7-13(4-5-14(10)15)37-25-20(28-12(3)32)23(36)24(17(9-30)40-25)41-26-19(27-11(2)31)22(35)21(34)16(8-29)39-26/h4-7,16-17,19-26,29-30,34-36H,8-9H2,1-3H3,(H,27,31)(H,28,32)/t16-,17+,19+,20-,21+,22+,23+,24-,25+,26+/m1/s1. The minimum absolute atomic E-state index is 0.166. The van der Waals surface area contributed by atoms with Crippen LogP contribution in [0.3, 0.4) is 0 Å². The fraction of sp³-hybridized carbons (Fsp3) is 0.577. The zero-order chi connectivity index (χ0) is 30.0. The number of fused-ring (bicyclic) bond motifs is 1. The number of nitrogens with one attached hydrogen (secondary N) is 2. The lowest BCUT2D eigenvalue weighted by atomic mass is 9.94. The number of aryl methyl sites for hydroxylation is 1. The molecule has 2 amide bonds. The summed E-state index contributed by atoms with van der Waals surface area (Å²) < 4.78 is 28.5. The molecule has 10 atom stereocenters. The fourth-order valence-corrected chi connectivity index (χ4v) is 4.98. The molecule has 0 radical (unpaired) electrons. The zero-order valence-electron chi connectivity index (χ0n) is 22.5. The summed E-state index contributed by atoms with van der Waals surface area (Å²) in [5, 5.41) is 57.5. The third-order valence-electron chi connectivity index (χ3n) is 6.94. The molecule has 4 rings (SSSR count). The average molecular weight is 583 g/mol. The predicted molar refractivity (Wildman–Crippen MR) is 137 cm³/mol. The van der Waals surface area contributed by atoms with Gasteiger partial charge in [-0.1, -0.05) is 0 Å². The Morgan fingerprint density at radius 1 is 0.878 bits per heavy atom. The Morgan fingerprint density at radius 3 is 2.10 bits per heavy atom. The minimum Gasteiger partial charge on any atom is -0.462 e. The summed E-state index contributed by atoms with van der Waals surface area (Å²) in [6.07, 6.45) is -11.7. The van der Waals surface area contributed by atoms with Crippen LogP contribution in [0, 0.1) is 6.92 Å². The van der Waals surface area contributed by atoms with Crippen molar-refractivity contribution in [1.29, 1.82) is 0 Å². The Hall–Kier alpha value is -3.15. The summed E-state index contributed by atoms with van der Waals surface area (Å²) in [6.45, 7) is 2.71. The summed E-state index contributed by atoms with van der Waals surface area (Å²) >= 11 is 0. The molecule has 2 aliphatic heterocycles. The molecule has 1 aromatic carbocycles. The number of rotatable bonds is 8. The number of carbonyl (C=O) groups is 2. The molecule has 0 unspecified atom stereocenters. The van der Waals surface area contributed by atoms with Gasteiger partial charge in [-0.25, -0.2) is 4.79 Å². The largest absolute Gasteiger partial charge is 0.462 e. The zero-order valence-corrected chi connectivity index (χ0v) is 22.5. The van der Waals surface area contributed by atoms with E-state index in [4.69, 9.17) is 23.4 Å². The Balaban J connectivity index is 1.61. The minimum atomic E-state index is -1.62. The van der Waals surface area contributed by atoms with Gasteiger partial charge >= 0.3 is 5.63 Å². The van der Waals surface area contributed by atoms with Gasteiger partial charge in [-0.05, 0) is 24.6 Å². The lowest BCUT2D eigenvalue weighted by Crippen LogP contribution is -2.69. The molecule has 7 N–H and O–H groups in total. The second-order valence-electron chi connectivity index (χ2n) is 10.0. The van der Waals surface area contributed by atoms with Gasteiger partial charge in [0.1, 0.15) is 60.0 Å². The van der Waals surface area contributed by atoms with E-state index >= 15 is 0 Å². The van der Waals surface area contributed by atoms with Gasteiger partial charge in [0.2, 0.25) is 18.1 Å². The maximum atomic E-state index is 12.1. The van der Waals surface area contributed by atoms with Crippen molar-refractivity contribution in [3.63, 3.8) is 0 Å². The van der Waals surface area contributed by atoms with E-state index in [1.807, 2.05) is 0 Å². The van der Waals surface area contributed by atoms with Crippen molar-refractivity contribution in [1.82, 2.24) is 10.6 Å². The number of aliphatic hydroxyl groups is 5. The van der Waals surface area contributed by atoms with Crippen molar-refractivity contribution in [2.45, 2.75) is 82.1 Å². The predicted octanol–water partition coefficient (Wildman–Crippen LogP) is -2.61. The lowest BCUT2D eigenvalue weighted by molar-refractivity contribution is -0.325. The van der Waals surface area contributed by atoms with Crippen LogP contribution in [0.4, 0.5) is 0 Å². The van der Waals surface area contributed by atoms with Crippen LogP contribution in [-0.4, -0.2) is 112 Å². The Kier molecular flexibility index (Phi) is 9.61. The highest BCUT2D eigenvalue weighted by molar-refractivity contribution is 5.81. The Morgan fingerprint density at radius 2 is 1.49 bits per heavy atom. The number of aliphatic hydroxyl groups excluding tert-OH is 5. The number of hydrogen-bond donors (Lipinski definition) is 7. The van der Waals surface area contributed by atoms with E-state index < -0.39 is 91.9 Å². The van der Waals surface area contributed by atoms with E-state index in [9.17, 15) is 39.9 Å². The van der Waals surface area contributed by atoms with Crippen molar-refractivity contribution in [2.24, 2.45) is 0 Å². The van der Waals surface area contributed by atoms with Gasteiger partial charge in [0, 0.05) is 31.4 Å². The third-order valence-corrected chi connectivity index (χ3v) is 6.94. The van der Waals surface area contributed by atoms with Crippen molar-refractivity contribution < 1.29 is 58.5 Å². The molecule has 0 bridgehead atoms. The Bertz CT molecular complexity index is 1300. The Labute approximate surface area is 233 Å². The molecule has 226 valence electrons. The highest BCUT2D eigenvalue weighted by Crippen LogP contribution is 2.31. The molecule has 2 fully saturated rings. The number of ether oxygens (including phenoxy) is 4. The van der Waals surface area contributed by atoms with Crippen LogP contribution < -0.4 is 21.0 Å². The highest BCUT2D eigenvalue weighted by Gasteiger charge is 2.52. The van der Waals surface area contributed by atoms with Gasteiger partial charge in [0.05, 0.1) is 13.2 Å². The van der Waals surface area contributed by atoms with E-state index in [-0.39, 0.29) is 11.3 Å². The first-order chi connectivity index (χ1) is 19.4. The summed E-state index contributed by atoms with van der Waals surface area (Å²) in [4.78, 5) is 35.7. The van der Waals surface area contributed by atoms with E-state index in [0.29, 0.717) is 10.9 Å². The molecule has 3 heterocycles. The number of benzene rings is 1. The van der Waals surface area contributed by atoms with Crippen LogP contribution in [0.2, 0.25) is 0 Å². The third kappa shape index (κ3) is 6.68. The van der Waals surface area contributed by atoms with Crippen molar-refractivity contribution in [3.8, 4) is 5.75 Å². The normalized spacial score (nSPS) is 33.8. The van der Waals surface area contributed by atoms with Crippen LogP contribution in [0.1, 0.15) is 19.4 Å². The first kappa shape index (κ1) is 30.8. The van der Waals surface area contributed by atoms with E-state index in [0.717, 1.165) is 6.92 Å². The highest BCUT2D eigenvalue weighted by atomic mass is 16.7. The SMILES string of the molecule is CC(=O)N[C@@H]1[C@H](O[C@H]2[C@@H](O)[C@@H](NC(C)=O)[C@@H](Oc3ccc4c(C)cc(=O)oc4c3)O[C@H]2CO)O[C@H](CO)[C@H](O)[C@H]1O. The van der Waals surface area contributed by atoms with Gasteiger partial charge in [0.15, 0.2) is 6.29 Å². The maximum absolute atomic E-state index is 12.1. The van der Waals surface area contributed by atoms with Crippen LogP contribution in [0.5, 0.6) is 5.75 Å². The van der Waals surface area contributed by atoms with Crippen LogP contribution in [-0.2, 0) is 23.8 Å². The molecule has 41 heavy (non-hydrogen) atoms. The molecule has 0 saturated carbocycles. The van der Waals surface area contributed by atoms with Crippen LogP contribution in [0.15, 0.2) is 33.5 Å². The second-order valence-corrected chi connectivity index (χ2v) is 10.0. The van der Waals surface area contributed by atoms with Gasteiger partial charge in [-0.15, -0.1) is 0 Å². The lowest BCUT2D eigenvalue weighted by Gasteiger charge is -2.48. The molecule has 2 saturated heterocycles. The maximum Gasteiger partial charge on any atom is 0.336 e. The molecule has 15 heteroatoms. The van der Waals surface area contributed by atoms with E-state index in [1.165, 1.54) is 19.1 Å². The number of hydrogen-bond acceptors (Lipinski definition) is 13. The molecule has 0 aliphatic carbocycles. The van der Waals surface area contributed by atoms with Crippen molar-refractivity contribution >= 4 is 22.8 Å². The fourth-order valence-electron chi connectivity index (χ4n) is 4.98. The quantitative estimate of drug-likeness (QED) is 0.159. The van der Waals surface area contributed by atoms with Gasteiger partial charge < -0.3 is 59.5 Å². The average Bonchev–Trinajstić information content (AvgIpc) is 2.90. The van der Waals surface area contributed by atoms with Gasteiger partial charge in [-0.3, -0.25) is 9.59 Å². The topological polar surface area (TPSA) is 226 Å². The van der Waals surface area contributed by atoms with Gasteiger partial charge in [0.25, 0.3) is 0 Å². The summed E-state index contributed by atoms with van der Waals surface area (Å²) in [6, 6.07) is 3.41. The van der Waals surface area contributed by atoms with Gasteiger partial charge in [-0.2, -0.15) is 0 Å². The molecule has 2 aromatic rings. The molecule has 0 spiro atoms. The number of carbonyl (C=O) groups excluding carboxylic acids is 2. The first-order valence-electron chi connectivity index (χ1n) is 12.9. The van der Waals surface area contributed by atoms with E-state index in [2.05, 4.69) is 10.6 Å². The molecule has 2 aliphatic rings. The smallest absolute Gasteiger partial charge is 0.336 e. The second kappa shape index (κ2) is 12.8. The first-order valence-corrected chi connectivity index (χ1v) is 12.9. The van der Waals surface area contributed by atoms with E-state index in [1.54, 1.807) is 19.1 Å². The van der Waals surface area contributed by atoms with Crippen molar-refractivity contribution in [3.05, 3.63) is 40.2 Å². The molecular formula is C26H34N2O13. The van der Waals surface area contributed by atoms with Crippen LogP contribution in [0.25, 0.3) is 11.0 Å². The number of amides is 2. The summed E-state index contributed by atoms with van der Waals surface area (Å²) in [5.41, 5.74) is 0.362. The molecule has 1 aromatic heterocycles. The molecular weight excluding hydrogens is 548 g/mol. The summed E-state index contributed by atoms with van der Waals surface area (Å²) in [7, 11) is 0. The van der Waals surface area contributed by atoms with Crippen LogP contribution >= 0.6 is 0 Å². The molecule has 15 nitrogen and oxygen atoms in total. The summed E-state index contributed by atoms with van der Waals surface area (Å²) in [5.74, 6) is -0.985. The van der Waals surface area contributed by atoms with Crippen molar-refractivity contribution in [2.75, 3.05) is 13.2 Å². The monoisotopic (exact) mass is 582 g/mol.